The van der Waals surface area contributed by atoms with Crippen molar-refractivity contribution >= 4 is 21.7 Å². The molecule has 0 spiro atoms. The van der Waals surface area contributed by atoms with Gasteiger partial charge in [-0.05, 0) is 63.6 Å². The number of sulfonamides is 1. The highest BCUT2D eigenvalue weighted by atomic mass is 32.2. The maximum atomic E-state index is 13.9. The fraction of sp³-hybridized carbons (Fsp3) is 0.350. The monoisotopic (exact) mass is 423 g/mol. The number of rotatable bonds is 6. The van der Waals surface area contributed by atoms with Crippen LogP contribution in [-0.4, -0.2) is 27.1 Å². The molecule has 0 saturated heterocycles. The second kappa shape index (κ2) is 8.79. The Bertz CT molecular complexity index is 987. The van der Waals surface area contributed by atoms with E-state index >= 15 is 0 Å². The van der Waals surface area contributed by atoms with Gasteiger partial charge < -0.3 is 15.4 Å². The van der Waals surface area contributed by atoms with Crippen LogP contribution in [0.25, 0.3) is 0 Å². The van der Waals surface area contributed by atoms with Crippen LogP contribution >= 0.6 is 0 Å². The molecule has 158 valence electrons. The lowest BCUT2D eigenvalue weighted by molar-refractivity contribution is 0.249. The second-order valence-corrected chi connectivity index (χ2v) is 9.28. The van der Waals surface area contributed by atoms with Crippen molar-refractivity contribution < 1.29 is 22.3 Å². The highest BCUT2D eigenvalue weighted by Gasteiger charge is 2.22. The van der Waals surface area contributed by atoms with E-state index in [-0.39, 0.29) is 10.6 Å². The van der Waals surface area contributed by atoms with Crippen molar-refractivity contribution in [2.45, 2.75) is 44.2 Å². The topological polar surface area (TPSA) is 96.5 Å². The molecular weight excluding hydrogens is 397 g/mol. The van der Waals surface area contributed by atoms with Gasteiger partial charge in [0.1, 0.15) is 0 Å². The van der Waals surface area contributed by atoms with Crippen molar-refractivity contribution in [3.05, 3.63) is 53.8 Å². The first-order valence-corrected chi connectivity index (χ1v) is 10.4. The first-order valence-electron chi connectivity index (χ1n) is 8.96. The third-order valence-corrected chi connectivity index (χ3v) is 5.62. The van der Waals surface area contributed by atoms with E-state index in [1.807, 2.05) is 0 Å². The lowest BCUT2D eigenvalue weighted by Gasteiger charge is -2.20. The average molecular weight is 424 g/mol. The Labute approximate surface area is 170 Å². The zero-order valence-corrected chi connectivity index (χ0v) is 17.9. The quantitative estimate of drug-likeness (QED) is 0.659. The SMILES string of the molecule is COc1ccc([C@@H](C)NC(=O)Nc2cccc(S(=O)(=O)NC(C)(C)C)c2)cc1F. The van der Waals surface area contributed by atoms with Crippen molar-refractivity contribution in [2.24, 2.45) is 0 Å². The second-order valence-electron chi connectivity index (χ2n) is 7.60. The zero-order valence-electron chi connectivity index (χ0n) is 17.0. The van der Waals surface area contributed by atoms with Gasteiger partial charge in [-0.25, -0.2) is 22.3 Å². The molecule has 2 aromatic rings. The van der Waals surface area contributed by atoms with Crippen molar-refractivity contribution in [1.29, 1.82) is 0 Å². The van der Waals surface area contributed by atoms with Crippen LogP contribution in [0, 0.1) is 5.82 Å². The Hall–Kier alpha value is -2.65. The van der Waals surface area contributed by atoms with E-state index in [0.717, 1.165) is 0 Å². The molecule has 2 amide bonds. The number of ether oxygens (including phenoxy) is 1. The Morgan fingerprint density at radius 3 is 2.41 bits per heavy atom. The molecular formula is C20H26FN3O4S. The number of anilines is 1. The third kappa shape index (κ3) is 6.43. The molecule has 0 radical (unpaired) electrons. The molecule has 0 aromatic heterocycles. The number of benzene rings is 2. The van der Waals surface area contributed by atoms with Gasteiger partial charge in [0.05, 0.1) is 18.0 Å². The van der Waals surface area contributed by atoms with Crippen molar-refractivity contribution in [3.8, 4) is 5.75 Å². The smallest absolute Gasteiger partial charge is 0.319 e. The minimum Gasteiger partial charge on any atom is -0.494 e. The Kier molecular flexibility index (Phi) is 6.86. The molecule has 0 bridgehead atoms. The summed E-state index contributed by atoms with van der Waals surface area (Å²) in [6.07, 6.45) is 0. The van der Waals surface area contributed by atoms with Crippen LogP contribution in [0.2, 0.25) is 0 Å². The number of hydrogen-bond donors (Lipinski definition) is 3. The van der Waals surface area contributed by atoms with Crippen LogP contribution in [-0.2, 0) is 10.0 Å². The van der Waals surface area contributed by atoms with Gasteiger partial charge >= 0.3 is 6.03 Å². The van der Waals surface area contributed by atoms with Crippen LogP contribution in [0.1, 0.15) is 39.3 Å². The first-order chi connectivity index (χ1) is 13.4. The molecule has 29 heavy (non-hydrogen) atoms. The number of hydrogen-bond acceptors (Lipinski definition) is 4. The van der Waals surface area contributed by atoms with E-state index in [1.54, 1.807) is 39.8 Å². The average Bonchev–Trinajstić information content (AvgIpc) is 2.59. The Morgan fingerprint density at radius 2 is 1.83 bits per heavy atom. The number of amides is 2. The number of carbonyl (C=O) groups is 1. The molecule has 0 aliphatic carbocycles. The maximum Gasteiger partial charge on any atom is 0.319 e. The molecule has 9 heteroatoms. The molecule has 1 atom stereocenters. The van der Waals surface area contributed by atoms with Gasteiger partial charge in [-0.1, -0.05) is 12.1 Å². The molecule has 0 aliphatic heterocycles. The van der Waals surface area contributed by atoms with Gasteiger partial charge in [0.25, 0.3) is 0 Å². The van der Waals surface area contributed by atoms with Gasteiger partial charge in [0, 0.05) is 11.2 Å². The normalized spacial score (nSPS) is 12.9. The number of urea groups is 1. The standard InChI is InChI=1S/C20H26FN3O4S/c1-13(14-9-10-18(28-5)17(21)11-14)22-19(25)23-15-7-6-8-16(12-15)29(26,27)24-20(2,3)4/h6-13,24H,1-5H3,(H2,22,23,25)/t13-/m1/s1. The summed E-state index contributed by atoms with van der Waals surface area (Å²) in [5.41, 5.74) is 0.236. The van der Waals surface area contributed by atoms with E-state index in [9.17, 15) is 17.6 Å². The number of nitrogens with one attached hydrogen (secondary N) is 3. The van der Waals surface area contributed by atoms with Gasteiger partial charge in [-0.3, -0.25) is 0 Å². The van der Waals surface area contributed by atoms with Crippen LogP contribution < -0.4 is 20.1 Å². The third-order valence-electron chi connectivity index (χ3n) is 3.87. The predicted octanol–water partition coefficient (Wildman–Crippen LogP) is 3.79. The summed E-state index contributed by atoms with van der Waals surface area (Å²) in [6.45, 7) is 6.92. The van der Waals surface area contributed by atoms with E-state index in [1.165, 1.54) is 37.4 Å². The summed E-state index contributed by atoms with van der Waals surface area (Å²) in [5.74, 6) is -0.407. The largest absolute Gasteiger partial charge is 0.494 e. The molecule has 0 heterocycles. The zero-order chi connectivity index (χ0) is 21.8. The van der Waals surface area contributed by atoms with Gasteiger partial charge in [0.15, 0.2) is 11.6 Å². The van der Waals surface area contributed by atoms with Gasteiger partial charge in [-0.15, -0.1) is 0 Å². The van der Waals surface area contributed by atoms with E-state index in [0.29, 0.717) is 11.3 Å². The lowest BCUT2D eigenvalue weighted by atomic mass is 10.1. The molecule has 3 N–H and O–H groups in total. The summed E-state index contributed by atoms with van der Waals surface area (Å²) >= 11 is 0. The summed E-state index contributed by atoms with van der Waals surface area (Å²) in [7, 11) is -2.36. The Morgan fingerprint density at radius 1 is 1.14 bits per heavy atom. The van der Waals surface area contributed by atoms with E-state index < -0.39 is 33.5 Å². The molecule has 7 nitrogen and oxygen atoms in total. The highest BCUT2D eigenvalue weighted by molar-refractivity contribution is 7.89. The fourth-order valence-corrected chi connectivity index (χ4v) is 4.07. The van der Waals surface area contributed by atoms with Crippen LogP contribution in [0.5, 0.6) is 5.75 Å². The summed E-state index contributed by atoms with van der Waals surface area (Å²) < 4.78 is 46.2. The van der Waals surface area contributed by atoms with Crippen molar-refractivity contribution in [3.63, 3.8) is 0 Å². The molecule has 0 fully saturated rings. The molecule has 0 unspecified atom stereocenters. The lowest BCUT2D eigenvalue weighted by Crippen LogP contribution is -2.40. The first kappa shape index (κ1) is 22.6. The molecule has 2 aromatic carbocycles. The molecule has 0 aliphatic rings. The van der Waals surface area contributed by atoms with Crippen LogP contribution in [0.4, 0.5) is 14.9 Å². The number of halogens is 1. The summed E-state index contributed by atoms with van der Waals surface area (Å²) in [5, 5.41) is 5.28. The predicted molar refractivity (Wildman–Crippen MR) is 110 cm³/mol. The van der Waals surface area contributed by atoms with Crippen molar-refractivity contribution in [2.75, 3.05) is 12.4 Å². The summed E-state index contributed by atoms with van der Waals surface area (Å²) in [6, 6.07) is 9.32. The highest BCUT2D eigenvalue weighted by Crippen LogP contribution is 2.22. The Balaban J connectivity index is 2.08. The minimum atomic E-state index is -3.73. The van der Waals surface area contributed by atoms with Crippen molar-refractivity contribution in [1.82, 2.24) is 10.0 Å². The van der Waals surface area contributed by atoms with E-state index in [2.05, 4.69) is 15.4 Å². The summed E-state index contributed by atoms with van der Waals surface area (Å²) in [4.78, 5) is 12.3. The minimum absolute atomic E-state index is 0.0375. The van der Waals surface area contributed by atoms with Gasteiger partial charge in [-0.2, -0.15) is 0 Å². The van der Waals surface area contributed by atoms with Gasteiger partial charge in [0.2, 0.25) is 10.0 Å². The van der Waals surface area contributed by atoms with Crippen LogP contribution in [0.3, 0.4) is 0 Å². The van der Waals surface area contributed by atoms with Crippen LogP contribution in [0.15, 0.2) is 47.4 Å². The maximum absolute atomic E-state index is 13.9. The van der Waals surface area contributed by atoms with E-state index in [4.69, 9.17) is 4.74 Å². The number of methoxy groups -OCH3 is 1. The number of carbonyl (C=O) groups excluding carboxylic acids is 1. The molecule has 0 saturated carbocycles. The molecule has 2 rings (SSSR count). The fourth-order valence-electron chi connectivity index (χ4n) is 2.60.